The summed E-state index contributed by atoms with van der Waals surface area (Å²) >= 11 is 6.03. The van der Waals surface area contributed by atoms with Gasteiger partial charge in [0.2, 0.25) is 5.95 Å². The lowest BCUT2D eigenvalue weighted by Gasteiger charge is -2.11. The number of nitrogens with zero attached hydrogens (tertiary/aromatic N) is 3. The first-order valence-electron chi connectivity index (χ1n) is 7.84. The van der Waals surface area contributed by atoms with Gasteiger partial charge in [0, 0.05) is 10.7 Å². The fraction of sp³-hybridized carbons (Fsp3) is 0.111. The molecule has 0 aliphatic rings. The van der Waals surface area contributed by atoms with E-state index >= 15 is 0 Å². The lowest BCUT2D eigenvalue weighted by atomic mass is 10.2. The van der Waals surface area contributed by atoms with Crippen LogP contribution in [0.3, 0.4) is 0 Å². The van der Waals surface area contributed by atoms with E-state index in [1.54, 1.807) is 49.6 Å². The Balaban J connectivity index is 1.80. The van der Waals surface area contributed by atoms with E-state index in [4.69, 9.17) is 21.1 Å². The molecule has 27 heavy (non-hydrogen) atoms. The zero-order valence-corrected chi connectivity index (χ0v) is 15.3. The Labute approximate surface area is 160 Å². The Morgan fingerprint density at radius 3 is 2.74 bits per heavy atom. The Hall–Kier alpha value is -3.39. The van der Waals surface area contributed by atoms with Gasteiger partial charge >= 0.3 is 5.97 Å². The van der Waals surface area contributed by atoms with Gasteiger partial charge in [-0.2, -0.15) is 10.1 Å². The highest BCUT2D eigenvalue weighted by molar-refractivity contribution is 6.31. The minimum absolute atomic E-state index is 0.254. The molecular weight excluding hydrogens is 370 g/mol. The van der Waals surface area contributed by atoms with Gasteiger partial charge in [0.1, 0.15) is 5.75 Å². The molecule has 0 saturated carbocycles. The number of halogens is 1. The van der Waals surface area contributed by atoms with Gasteiger partial charge in [-0.05, 0) is 36.4 Å². The summed E-state index contributed by atoms with van der Waals surface area (Å²) in [6.07, 6.45) is 1.46. The number of aromatic nitrogens is 3. The minimum atomic E-state index is -0.421. The van der Waals surface area contributed by atoms with Gasteiger partial charge in [0.25, 0.3) is 0 Å². The molecule has 0 atom stereocenters. The van der Waals surface area contributed by atoms with Crippen LogP contribution in [0.2, 0.25) is 5.02 Å². The molecule has 0 radical (unpaired) electrons. The first-order chi connectivity index (χ1) is 13.1. The van der Waals surface area contributed by atoms with Gasteiger partial charge in [-0.3, -0.25) is 0 Å². The van der Waals surface area contributed by atoms with Crippen LogP contribution < -0.4 is 15.4 Å². The number of ether oxygens (including phenoxy) is 2. The van der Waals surface area contributed by atoms with E-state index in [0.29, 0.717) is 33.5 Å². The lowest BCUT2D eigenvalue weighted by Crippen LogP contribution is -2.04. The molecular formula is C18H16ClN5O3. The number of carbonyl (C=O) groups is 1. The van der Waals surface area contributed by atoms with Crippen LogP contribution in [-0.4, -0.2) is 35.4 Å². The maximum absolute atomic E-state index is 11.6. The largest absolute Gasteiger partial charge is 0.495 e. The highest BCUT2D eigenvalue weighted by atomic mass is 35.5. The smallest absolute Gasteiger partial charge is 0.337 e. The standard InChI is InChI=1S/C18H16ClN5O3/c1-26-15-7-6-12(19)9-14(15)22-18-23-16(10-20-24-18)21-13-5-3-4-11(8-13)17(25)27-2/h3-10H,1-2H3,(H2,21,22,23,24). The van der Waals surface area contributed by atoms with E-state index in [-0.39, 0.29) is 5.95 Å². The van der Waals surface area contributed by atoms with Gasteiger partial charge in [-0.15, -0.1) is 5.10 Å². The van der Waals surface area contributed by atoms with E-state index in [0.717, 1.165) is 0 Å². The van der Waals surface area contributed by atoms with Crippen molar-refractivity contribution in [2.24, 2.45) is 0 Å². The molecule has 9 heteroatoms. The molecule has 138 valence electrons. The summed E-state index contributed by atoms with van der Waals surface area (Å²) in [6, 6.07) is 12.0. The number of carbonyl (C=O) groups excluding carboxylic acids is 1. The number of methoxy groups -OCH3 is 2. The summed E-state index contributed by atoms with van der Waals surface area (Å²) < 4.78 is 10.0. The Morgan fingerprint density at radius 2 is 1.96 bits per heavy atom. The second kappa shape index (κ2) is 8.33. The van der Waals surface area contributed by atoms with Crippen molar-refractivity contribution in [2.75, 3.05) is 24.9 Å². The SMILES string of the molecule is COC(=O)c1cccc(Nc2cnnc(Nc3cc(Cl)ccc3OC)n2)c1. The monoisotopic (exact) mass is 385 g/mol. The van der Waals surface area contributed by atoms with E-state index in [1.165, 1.54) is 13.3 Å². The van der Waals surface area contributed by atoms with Crippen LogP contribution in [0, 0.1) is 0 Å². The molecule has 0 aliphatic carbocycles. The van der Waals surface area contributed by atoms with Crippen molar-refractivity contribution in [2.45, 2.75) is 0 Å². The summed E-state index contributed by atoms with van der Waals surface area (Å²) in [4.78, 5) is 16.0. The third-order valence-electron chi connectivity index (χ3n) is 3.52. The molecule has 8 nitrogen and oxygen atoms in total. The van der Waals surface area contributed by atoms with E-state index in [9.17, 15) is 4.79 Å². The molecule has 3 aromatic rings. The normalized spacial score (nSPS) is 10.2. The van der Waals surface area contributed by atoms with E-state index in [2.05, 4.69) is 25.8 Å². The summed E-state index contributed by atoms with van der Waals surface area (Å²) in [5.41, 5.74) is 1.69. The number of rotatable bonds is 6. The average Bonchev–Trinajstić information content (AvgIpc) is 2.68. The minimum Gasteiger partial charge on any atom is -0.495 e. The topological polar surface area (TPSA) is 98.3 Å². The third-order valence-corrected chi connectivity index (χ3v) is 3.76. The number of hydrogen-bond acceptors (Lipinski definition) is 8. The highest BCUT2D eigenvalue weighted by Gasteiger charge is 2.09. The maximum atomic E-state index is 11.6. The van der Waals surface area contributed by atoms with Crippen molar-refractivity contribution in [1.29, 1.82) is 0 Å². The number of benzene rings is 2. The van der Waals surface area contributed by atoms with Crippen molar-refractivity contribution >= 4 is 40.7 Å². The van der Waals surface area contributed by atoms with Crippen LogP contribution in [0.1, 0.15) is 10.4 Å². The summed E-state index contributed by atoms with van der Waals surface area (Å²) in [6.45, 7) is 0. The summed E-state index contributed by atoms with van der Waals surface area (Å²) in [5.74, 6) is 0.863. The fourth-order valence-electron chi connectivity index (χ4n) is 2.30. The Kier molecular flexibility index (Phi) is 5.68. The molecule has 0 unspecified atom stereocenters. The summed E-state index contributed by atoms with van der Waals surface area (Å²) in [7, 11) is 2.89. The molecule has 0 bridgehead atoms. The molecule has 2 aromatic carbocycles. The molecule has 0 spiro atoms. The van der Waals surface area contributed by atoms with Crippen LogP contribution in [0.4, 0.5) is 23.1 Å². The second-order valence-electron chi connectivity index (χ2n) is 5.33. The van der Waals surface area contributed by atoms with E-state index < -0.39 is 5.97 Å². The molecule has 0 amide bonds. The van der Waals surface area contributed by atoms with Crippen molar-refractivity contribution in [3.63, 3.8) is 0 Å². The first kappa shape index (κ1) is 18.4. The zero-order chi connectivity index (χ0) is 19.2. The van der Waals surface area contributed by atoms with Crippen LogP contribution in [0.5, 0.6) is 5.75 Å². The van der Waals surface area contributed by atoms with Crippen LogP contribution in [0.15, 0.2) is 48.7 Å². The molecule has 3 rings (SSSR count). The third kappa shape index (κ3) is 4.62. The van der Waals surface area contributed by atoms with Crippen molar-refractivity contribution in [3.05, 3.63) is 59.2 Å². The first-order valence-corrected chi connectivity index (χ1v) is 8.22. The van der Waals surface area contributed by atoms with Gasteiger partial charge in [0.15, 0.2) is 5.82 Å². The van der Waals surface area contributed by atoms with Gasteiger partial charge in [-0.25, -0.2) is 4.79 Å². The number of esters is 1. The fourth-order valence-corrected chi connectivity index (χ4v) is 2.48. The average molecular weight is 386 g/mol. The number of nitrogens with one attached hydrogen (secondary N) is 2. The molecule has 0 fully saturated rings. The molecule has 0 aliphatic heterocycles. The van der Waals surface area contributed by atoms with Gasteiger partial charge < -0.3 is 20.1 Å². The van der Waals surface area contributed by atoms with Crippen molar-refractivity contribution < 1.29 is 14.3 Å². The Morgan fingerprint density at radius 1 is 1.11 bits per heavy atom. The quantitative estimate of drug-likeness (QED) is 0.618. The molecule has 0 saturated heterocycles. The molecule has 1 aromatic heterocycles. The predicted octanol–water partition coefficient (Wildman–Crippen LogP) is 3.81. The highest BCUT2D eigenvalue weighted by Crippen LogP contribution is 2.29. The second-order valence-corrected chi connectivity index (χ2v) is 5.77. The number of hydrogen-bond donors (Lipinski definition) is 2. The maximum Gasteiger partial charge on any atom is 0.337 e. The van der Waals surface area contributed by atoms with Crippen LogP contribution in [-0.2, 0) is 4.74 Å². The number of anilines is 4. The van der Waals surface area contributed by atoms with Crippen molar-refractivity contribution in [3.8, 4) is 5.75 Å². The van der Waals surface area contributed by atoms with Crippen molar-refractivity contribution in [1.82, 2.24) is 15.2 Å². The summed E-state index contributed by atoms with van der Waals surface area (Å²) in [5, 5.41) is 14.5. The molecule has 1 heterocycles. The van der Waals surface area contributed by atoms with Gasteiger partial charge in [-0.1, -0.05) is 17.7 Å². The molecule has 2 N–H and O–H groups in total. The van der Waals surface area contributed by atoms with Crippen LogP contribution in [0.25, 0.3) is 0 Å². The van der Waals surface area contributed by atoms with Crippen LogP contribution >= 0.6 is 11.6 Å². The lowest BCUT2D eigenvalue weighted by molar-refractivity contribution is 0.0601. The Bertz CT molecular complexity index is 967. The predicted molar refractivity (Wildman–Crippen MR) is 102 cm³/mol. The van der Waals surface area contributed by atoms with Gasteiger partial charge in [0.05, 0.1) is 31.7 Å². The van der Waals surface area contributed by atoms with E-state index in [1.807, 2.05) is 0 Å². The zero-order valence-electron chi connectivity index (χ0n) is 14.6.